The summed E-state index contributed by atoms with van der Waals surface area (Å²) >= 11 is 0. The molecule has 4 aliphatic carbocycles. The Labute approximate surface area is 292 Å². The predicted octanol–water partition coefficient (Wildman–Crippen LogP) is 11.0. The maximum atomic E-state index is 8.58. The van der Waals surface area contributed by atoms with Gasteiger partial charge in [0.25, 0.3) is 0 Å². The summed E-state index contributed by atoms with van der Waals surface area (Å²) < 4.78 is 17.7. The van der Waals surface area contributed by atoms with E-state index in [0.717, 1.165) is 36.0 Å². The molecule has 0 heterocycles. The highest BCUT2D eigenvalue weighted by Crippen LogP contribution is 2.66. The van der Waals surface area contributed by atoms with Crippen molar-refractivity contribution >= 4 is 6.41 Å². The number of allylic oxidation sites excluding steroid dienone is 2. The Morgan fingerprint density at radius 3 is 2.23 bits per heavy atom. The first kappa shape index (κ1) is 43.9. The van der Waals surface area contributed by atoms with E-state index in [0.29, 0.717) is 55.9 Å². The second-order valence-corrected chi connectivity index (χ2v) is 15.7. The van der Waals surface area contributed by atoms with Crippen LogP contribution in [0.15, 0.2) is 23.8 Å². The minimum atomic E-state index is 0.250. The van der Waals surface area contributed by atoms with Gasteiger partial charge in [0.1, 0.15) is 0 Å². The number of amides is 1. The minimum absolute atomic E-state index is 0.250. The maximum Gasteiger partial charge on any atom is 0.204 e. The second-order valence-electron chi connectivity index (χ2n) is 15.7. The zero-order valence-corrected chi connectivity index (χ0v) is 32.8. The monoisotopic (exact) mass is 662 g/mol. The van der Waals surface area contributed by atoms with Crippen LogP contribution in [0.5, 0.6) is 0 Å². The van der Waals surface area contributed by atoms with Crippen molar-refractivity contribution in [3.63, 3.8) is 0 Å². The summed E-state index contributed by atoms with van der Waals surface area (Å²) in [5.41, 5.74) is 6.92. The molecule has 7 unspecified atom stereocenters. The van der Waals surface area contributed by atoms with Crippen molar-refractivity contribution in [2.24, 2.45) is 52.1 Å². The summed E-state index contributed by atoms with van der Waals surface area (Å²) in [6.07, 6.45) is 25.6. The molecule has 0 aromatic rings. The number of ether oxygens (including phenoxy) is 3. The van der Waals surface area contributed by atoms with Crippen molar-refractivity contribution in [1.82, 2.24) is 0 Å². The van der Waals surface area contributed by atoms with E-state index in [2.05, 4.69) is 79.4 Å². The van der Waals surface area contributed by atoms with Crippen LogP contribution in [-0.2, 0) is 19.0 Å². The third-order valence-electron chi connectivity index (χ3n) is 11.5. The maximum absolute atomic E-state index is 8.58. The molecule has 0 radical (unpaired) electrons. The third-order valence-corrected chi connectivity index (χ3v) is 11.5. The quantitative estimate of drug-likeness (QED) is 0.108. The zero-order chi connectivity index (χ0) is 35.3. The van der Waals surface area contributed by atoms with Crippen molar-refractivity contribution in [1.29, 1.82) is 0 Å². The Kier molecular flexibility index (Phi) is 22.4. The van der Waals surface area contributed by atoms with Gasteiger partial charge in [0.2, 0.25) is 6.41 Å². The standard InChI is InChI=1S/C36H62O3.C3H8.C2H6.CH3NO/c1-27(2)10-7-8-12-29-14-16-33-32-15-13-30-26-31(17-19-36(30,6)34(32)18-20-35(29,33)5)39-25-24-38-23-22-37-21-9-11-28(3)4;1-3-2;1-2;2-1-3/h9,11,13,27-29,31-34H,7-8,10,12,14-26H2,1-6H3;3H2,1-2H3;1-2H3;1H,(H2,2,3)/b11-9+;;;. The molecule has 0 bridgehead atoms. The summed E-state index contributed by atoms with van der Waals surface area (Å²) in [5.74, 6) is 5.20. The van der Waals surface area contributed by atoms with Gasteiger partial charge in [-0.05, 0) is 104 Å². The highest BCUT2D eigenvalue weighted by Gasteiger charge is 2.58. The van der Waals surface area contributed by atoms with Crippen LogP contribution in [0.3, 0.4) is 0 Å². The molecule has 0 spiro atoms. The molecule has 0 aromatic heterocycles. The highest BCUT2D eigenvalue weighted by atomic mass is 16.5. The average Bonchev–Trinajstić information content (AvgIpc) is 3.38. The molecule has 0 aromatic carbocycles. The molecule has 1 amide bonds. The van der Waals surface area contributed by atoms with Crippen molar-refractivity contribution in [2.75, 3.05) is 33.0 Å². The van der Waals surface area contributed by atoms with Crippen LogP contribution < -0.4 is 5.73 Å². The molecule has 5 heteroatoms. The second kappa shape index (κ2) is 24.1. The van der Waals surface area contributed by atoms with E-state index in [1.165, 1.54) is 77.0 Å². The first-order valence-electron chi connectivity index (χ1n) is 19.9. The fourth-order valence-corrected chi connectivity index (χ4v) is 9.27. The topological polar surface area (TPSA) is 70.8 Å². The van der Waals surface area contributed by atoms with Crippen LogP contribution in [0.4, 0.5) is 0 Å². The number of hydrogen-bond donors (Lipinski definition) is 1. The summed E-state index contributed by atoms with van der Waals surface area (Å²) in [4.78, 5) is 8.58. The Morgan fingerprint density at radius 2 is 1.57 bits per heavy atom. The molecule has 0 saturated heterocycles. The van der Waals surface area contributed by atoms with Gasteiger partial charge in [-0.1, -0.05) is 119 Å². The summed E-state index contributed by atoms with van der Waals surface area (Å²) in [7, 11) is 0. The smallest absolute Gasteiger partial charge is 0.204 e. The number of nitrogens with two attached hydrogens (primary N) is 1. The lowest BCUT2D eigenvalue weighted by atomic mass is 9.47. The molecule has 3 saturated carbocycles. The molecule has 4 rings (SSSR count). The Hall–Kier alpha value is -1.17. The molecule has 3 fully saturated rings. The Bertz CT molecular complexity index is 869. The largest absolute Gasteiger partial charge is 0.377 e. The van der Waals surface area contributed by atoms with Gasteiger partial charge in [0.15, 0.2) is 0 Å². The Balaban J connectivity index is 0.00000126. The number of primary amides is 1. The first-order chi connectivity index (χ1) is 22.6. The van der Waals surface area contributed by atoms with Gasteiger partial charge in [-0.3, -0.25) is 4.79 Å². The van der Waals surface area contributed by atoms with Gasteiger partial charge in [0.05, 0.1) is 39.1 Å². The predicted molar refractivity (Wildman–Crippen MR) is 201 cm³/mol. The zero-order valence-electron chi connectivity index (χ0n) is 32.8. The van der Waals surface area contributed by atoms with E-state index in [9.17, 15) is 0 Å². The number of rotatable bonds is 15. The van der Waals surface area contributed by atoms with Gasteiger partial charge in [0, 0.05) is 0 Å². The lowest BCUT2D eigenvalue weighted by Gasteiger charge is -2.58. The van der Waals surface area contributed by atoms with E-state index < -0.39 is 0 Å². The van der Waals surface area contributed by atoms with Gasteiger partial charge in [-0.2, -0.15) is 0 Å². The highest BCUT2D eigenvalue weighted by molar-refractivity contribution is 5.42. The summed E-state index contributed by atoms with van der Waals surface area (Å²) in [6, 6.07) is 0. The van der Waals surface area contributed by atoms with E-state index in [-0.39, 0.29) is 6.41 Å². The van der Waals surface area contributed by atoms with Crippen molar-refractivity contribution < 1.29 is 19.0 Å². The minimum Gasteiger partial charge on any atom is -0.377 e. The number of hydrogen-bond acceptors (Lipinski definition) is 4. The van der Waals surface area contributed by atoms with Gasteiger partial charge in [-0.15, -0.1) is 0 Å². The Morgan fingerprint density at radius 1 is 0.915 bits per heavy atom. The number of carbonyl (C=O) groups is 1. The molecule has 0 aliphatic heterocycles. The molecular weight excluding hydrogens is 582 g/mol. The number of fused-ring (bicyclic) bond motifs is 5. The van der Waals surface area contributed by atoms with Crippen LogP contribution in [0.25, 0.3) is 0 Å². The van der Waals surface area contributed by atoms with E-state index in [4.69, 9.17) is 19.0 Å². The van der Waals surface area contributed by atoms with Crippen LogP contribution in [0.1, 0.15) is 153 Å². The SMILES string of the molecule is CC.CC(C)/C=C/COCCOCCOC1CCC2(C)C(=CCC3C2CCC2(C)C(CCCCC(C)C)CCC32)C1.CCC.NC=O. The third kappa shape index (κ3) is 13.9. The molecule has 5 nitrogen and oxygen atoms in total. The summed E-state index contributed by atoms with van der Waals surface area (Å²) in [6.45, 7) is 26.0. The molecular formula is C42H79NO4. The molecule has 276 valence electrons. The average molecular weight is 662 g/mol. The fourth-order valence-electron chi connectivity index (χ4n) is 9.27. The number of carbonyl (C=O) groups excluding carboxylic acids is 1. The van der Waals surface area contributed by atoms with Crippen LogP contribution in [-0.4, -0.2) is 45.5 Å². The summed E-state index contributed by atoms with van der Waals surface area (Å²) in [5, 5.41) is 0. The first-order valence-corrected chi connectivity index (χ1v) is 19.9. The molecule has 47 heavy (non-hydrogen) atoms. The van der Waals surface area contributed by atoms with Gasteiger partial charge < -0.3 is 19.9 Å². The van der Waals surface area contributed by atoms with E-state index in [1.807, 2.05) is 13.8 Å². The lowest BCUT2D eigenvalue weighted by molar-refractivity contribution is -0.106. The van der Waals surface area contributed by atoms with Crippen molar-refractivity contribution in [3.05, 3.63) is 23.8 Å². The normalized spacial score (nSPS) is 30.9. The molecule has 4 aliphatic rings. The van der Waals surface area contributed by atoms with Crippen LogP contribution in [0, 0.1) is 46.3 Å². The lowest BCUT2D eigenvalue weighted by Crippen LogP contribution is -2.50. The fraction of sp³-hybridized carbons (Fsp3) is 0.881. The van der Waals surface area contributed by atoms with Gasteiger partial charge >= 0.3 is 0 Å². The number of unbranched alkanes of at least 4 members (excludes halogenated alkanes) is 1. The van der Waals surface area contributed by atoms with Crippen molar-refractivity contribution in [2.45, 2.75) is 159 Å². The van der Waals surface area contributed by atoms with Crippen molar-refractivity contribution in [3.8, 4) is 0 Å². The van der Waals surface area contributed by atoms with E-state index >= 15 is 0 Å². The molecule has 2 N–H and O–H groups in total. The van der Waals surface area contributed by atoms with Crippen LogP contribution in [0.2, 0.25) is 0 Å². The molecule has 7 atom stereocenters. The van der Waals surface area contributed by atoms with Gasteiger partial charge in [-0.25, -0.2) is 0 Å². The van der Waals surface area contributed by atoms with Crippen LogP contribution >= 0.6 is 0 Å². The van der Waals surface area contributed by atoms with E-state index in [1.54, 1.807) is 5.57 Å².